The third-order valence-electron chi connectivity index (χ3n) is 3.42. The maximum absolute atomic E-state index is 13.9. The molecule has 1 heterocycles. The van der Waals surface area contributed by atoms with Crippen LogP contribution in [0.1, 0.15) is 0 Å². The van der Waals surface area contributed by atoms with Crippen LogP contribution in [0.5, 0.6) is 0 Å². The fourth-order valence-corrected chi connectivity index (χ4v) is 1.90. The molecule has 200 valence electrons. The van der Waals surface area contributed by atoms with Crippen molar-refractivity contribution in [3.8, 4) is 0 Å². The Labute approximate surface area is 175 Å². The SMILES string of the molecule is COC(=O)C1(C(F)(F)F)OC(F)(F)C(F)(F)OC(C(=O)OC)(C(F)(F)F)OC(F)(F)C(F)(F)O1. The summed E-state index contributed by atoms with van der Waals surface area (Å²) in [5, 5.41) is 0. The fourth-order valence-electron chi connectivity index (χ4n) is 1.90. The Morgan fingerprint density at radius 3 is 0.824 bits per heavy atom. The summed E-state index contributed by atoms with van der Waals surface area (Å²) in [4.78, 5) is 22.7. The molecular formula is C12H6F14O8. The second kappa shape index (κ2) is 8.19. The first-order valence-corrected chi connectivity index (χ1v) is 7.41. The van der Waals surface area contributed by atoms with Gasteiger partial charge in [-0.25, -0.2) is 9.59 Å². The van der Waals surface area contributed by atoms with Gasteiger partial charge in [-0.05, 0) is 0 Å². The zero-order chi connectivity index (χ0) is 27.4. The Balaban J connectivity index is 4.12. The number of halogens is 14. The lowest BCUT2D eigenvalue weighted by Gasteiger charge is -2.44. The van der Waals surface area contributed by atoms with Gasteiger partial charge in [0.1, 0.15) is 0 Å². The normalized spacial score (nSPS) is 31.3. The summed E-state index contributed by atoms with van der Waals surface area (Å²) in [6.45, 7) is 0. The highest BCUT2D eigenvalue weighted by Crippen LogP contribution is 2.55. The van der Waals surface area contributed by atoms with Gasteiger partial charge in [0.2, 0.25) is 0 Å². The number of carbonyl (C=O) groups is 2. The first kappa shape index (κ1) is 29.8. The van der Waals surface area contributed by atoms with Crippen LogP contribution in [0.15, 0.2) is 0 Å². The average molecular weight is 544 g/mol. The maximum atomic E-state index is 13.9. The second-order valence-corrected chi connectivity index (χ2v) is 5.69. The van der Waals surface area contributed by atoms with E-state index in [1.165, 1.54) is 0 Å². The van der Waals surface area contributed by atoms with Crippen LogP contribution in [0.25, 0.3) is 0 Å². The van der Waals surface area contributed by atoms with Crippen LogP contribution in [0.3, 0.4) is 0 Å². The molecule has 0 aromatic heterocycles. The van der Waals surface area contributed by atoms with Gasteiger partial charge in [0.05, 0.1) is 14.2 Å². The molecule has 1 fully saturated rings. The molecule has 0 amide bonds. The zero-order valence-electron chi connectivity index (χ0n) is 15.6. The molecule has 0 aliphatic carbocycles. The Bertz CT molecular complexity index is 705. The topological polar surface area (TPSA) is 89.5 Å². The molecule has 0 unspecified atom stereocenters. The summed E-state index contributed by atoms with van der Waals surface area (Å²) < 4.78 is 206. The molecule has 0 aromatic carbocycles. The number of rotatable bonds is 2. The number of hydrogen-bond acceptors (Lipinski definition) is 8. The predicted molar refractivity (Wildman–Crippen MR) is 65.7 cm³/mol. The molecule has 0 spiro atoms. The van der Waals surface area contributed by atoms with Crippen LogP contribution in [0.4, 0.5) is 61.5 Å². The molecule has 8 nitrogen and oxygen atoms in total. The minimum atomic E-state index is -7.31. The fraction of sp³-hybridized carbons (Fsp3) is 0.833. The van der Waals surface area contributed by atoms with Gasteiger partial charge in [-0.1, -0.05) is 0 Å². The molecule has 0 saturated carbocycles. The van der Waals surface area contributed by atoms with Crippen molar-refractivity contribution in [1.29, 1.82) is 0 Å². The van der Waals surface area contributed by atoms with E-state index in [0.29, 0.717) is 0 Å². The standard InChI is InChI=1S/C12H6F14O8/c1-29-3(27)5(7(13,14)15)31-9(19,20)11(23,24)33-6(4(28)30-2,8(16,17)18)34-12(25,26)10(21,22)32-5/h1-2H3. The van der Waals surface area contributed by atoms with Gasteiger partial charge in [-0.3, -0.25) is 18.9 Å². The van der Waals surface area contributed by atoms with Crippen molar-refractivity contribution < 1.29 is 99.5 Å². The first-order chi connectivity index (χ1) is 14.8. The molecule has 1 saturated heterocycles. The zero-order valence-corrected chi connectivity index (χ0v) is 15.6. The molecule has 1 rings (SSSR count). The number of alkyl halides is 14. The lowest BCUT2D eigenvalue weighted by atomic mass is 10.2. The third kappa shape index (κ3) is 4.54. The Morgan fingerprint density at radius 2 is 0.706 bits per heavy atom. The third-order valence-corrected chi connectivity index (χ3v) is 3.42. The van der Waals surface area contributed by atoms with Crippen molar-refractivity contribution in [3.05, 3.63) is 0 Å². The van der Waals surface area contributed by atoms with E-state index in [1.807, 2.05) is 0 Å². The summed E-state index contributed by atoms with van der Waals surface area (Å²) in [5.41, 5.74) is 0. The van der Waals surface area contributed by atoms with Gasteiger partial charge in [0.25, 0.3) is 0 Å². The predicted octanol–water partition coefficient (Wildman–Crippen LogP) is 3.30. The van der Waals surface area contributed by atoms with Gasteiger partial charge < -0.3 is 9.47 Å². The highest BCUT2D eigenvalue weighted by atomic mass is 19.4. The van der Waals surface area contributed by atoms with E-state index in [2.05, 4.69) is 28.4 Å². The lowest BCUT2D eigenvalue weighted by molar-refractivity contribution is -0.596. The van der Waals surface area contributed by atoms with Crippen LogP contribution in [0, 0.1) is 0 Å². The van der Waals surface area contributed by atoms with Crippen molar-refractivity contribution in [2.45, 2.75) is 48.4 Å². The van der Waals surface area contributed by atoms with E-state index in [-0.39, 0.29) is 14.2 Å². The molecule has 0 radical (unpaired) electrons. The Kier molecular flexibility index (Phi) is 7.18. The minimum Gasteiger partial charge on any atom is -0.465 e. The quantitative estimate of drug-likeness (QED) is 0.387. The van der Waals surface area contributed by atoms with Crippen molar-refractivity contribution in [1.82, 2.24) is 0 Å². The monoisotopic (exact) mass is 544 g/mol. The number of ether oxygens (including phenoxy) is 6. The van der Waals surface area contributed by atoms with E-state index in [0.717, 1.165) is 0 Å². The average Bonchev–Trinajstić information content (AvgIpc) is 2.61. The van der Waals surface area contributed by atoms with Gasteiger partial charge in [-0.2, -0.15) is 61.5 Å². The molecular weight excluding hydrogens is 538 g/mol. The van der Waals surface area contributed by atoms with E-state index < -0.39 is 60.3 Å². The van der Waals surface area contributed by atoms with Gasteiger partial charge in [0, 0.05) is 0 Å². The highest BCUT2D eigenvalue weighted by Gasteiger charge is 2.84. The molecule has 0 N–H and O–H groups in total. The number of methoxy groups -OCH3 is 2. The summed E-state index contributed by atoms with van der Waals surface area (Å²) in [6.07, 6.45) is -43.7. The summed E-state index contributed by atoms with van der Waals surface area (Å²) in [6, 6.07) is 0. The van der Waals surface area contributed by atoms with Crippen molar-refractivity contribution >= 4 is 11.9 Å². The maximum Gasteiger partial charge on any atom is 0.455 e. The van der Waals surface area contributed by atoms with Crippen LogP contribution in [0.2, 0.25) is 0 Å². The highest BCUT2D eigenvalue weighted by molar-refractivity contribution is 5.79. The Morgan fingerprint density at radius 1 is 0.529 bits per heavy atom. The summed E-state index contributed by atoms with van der Waals surface area (Å²) in [5.74, 6) is -20.4. The van der Waals surface area contributed by atoms with Crippen LogP contribution < -0.4 is 0 Å². The first-order valence-electron chi connectivity index (χ1n) is 7.41. The molecule has 0 atom stereocenters. The lowest BCUT2D eigenvalue weighted by Crippen LogP contribution is -2.72. The largest absolute Gasteiger partial charge is 0.465 e. The van der Waals surface area contributed by atoms with Gasteiger partial charge in [0.15, 0.2) is 0 Å². The number of esters is 2. The summed E-state index contributed by atoms with van der Waals surface area (Å²) >= 11 is 0. The summed E-state index contributed by atoms with van der Waals surface area (Å²) in [7, 11) is -0.431. The van der Waals surface area contributed by atoms with Gasteiger partial charge in [-0.15, -0.1) is 0 Å². The molecule has 22 heteroatoms. The molecule has 0 bridgehead atoms. The van der Waals surface area contributed by atoms with Gasteiger partial charge >= 0.3 is 60.3 Å². The van der Waals surface area contributed by atoms with Crippen LogP contribution >= 0.6 is 0 Å². The van der Waals surface area contributed by atoms with E-state index in [1.54, 1.807) is 0 Å². The van der Waals surface area contributed by atoms with Crippen molar-refractivity contribution in [2.75, 3.05) is 14.2 Å². The van der Waals surface area contributed by atoms with Crippen LogP contribution in [-0.4, -0.2) is 74.5 Å². The van der Waals surface area contributed by atoms with E-state index >= 15 is 0 Å². The van der Waals surface area contributed by atoms with Crippen LogP contribution in [-0.2, 0) is 38.0 Å². The van der Waals surface area contributed by atoms with E-state index in [4.69, 9.17) is 0 Å². The van der Waals surface area contributed by atoms with E-state index in [9.17, 15) is 71.1 Å². The van der Waals surface area contributed by atoms with Crippen molar-refractivity contribution in [3.63, 3.8) is 0 Å². The van der Waals surface area contributed by atoms with Crippen molar-refractivity contribution in [2.24, 2.45) is 0 Å². The Hall–Kier alpha value is -2.20. The molecule has 1 aliphatic rings. The second-order valence-electron chi connectivity index (χ2n) is 5.69. The molecule has 34 heavy (non-hydrogen) atoms. The number of carbonyl (C=O) groups excluding carboxylic acids is 2. The molecule has 1 aliphatic heterocycles. The smallest absolute Gasteiger partial charge is 0.455 e. The number of hydrogen-bond donors (Lipinski definition) is 0. The minimum absolute atomic E-state index is 0.215. The molecule has 0 aromatic rings.